The Kier molecular flexibility index (Phi) is 5.47. The fourth-order valence-corrected chi connectivity index (χ4v) is 4.33. The van der Waals surface area contributed by atoms with Crippen molar-refractivity contribution in [2.24, 2.45) is 5.92 Å². The minimum absolute atomic E-state index is 0.108. The number of carboxylic acids is 1. The molecule has 3 heteroatoms. The van der Waals surface area contributed by atoms with E-state index in [-0.39, 0.29) is 12.0 Å². The predicted octanol–water partition coefficient (Wildman–Crippen LogP) is 4.81. The molecule has 0 saturated carbocycles. The predicted molar refractivity (Wildman–Crippen MR) is 106 cm³/mol. The maximum Gasteiger partial charge on any atom is 0.307 e. The zero-order valence-corrected chi connectivity index (χ0v) is 16.2. The molecule has 138 valence electrons. The first kappa shape index (κ1) is 18.7. The second-order valence-corrected chi connectivity index (χ2v) is 7.86. The molecule has 1 heterocycles. The van der Waals surface area contributed by atoms with Crippen LogP contribution in [0.4, 0.5) is 0 Å². The molecule has 0 spiro atoms. The van der Waals surface area contributed by atoms with Gasteiger partial charge in [0, 0.05) is 6.54 Å². The number of aliphatic carboxylic acids is 1. The van der Waals surface area contributed by atoms with Gasteiger partial charge in [-0.1, -0.05) is 53.1 Å². The van der Waals surface area contributed by atoms with Gasteiger partial charge < -0.3 is 5.11 Å². The van der Waals surface area contributed by atoms with Crippen molar-refractivity contribution in [3.05, 3.63) is 69.8 Å². The molecule has 1 fully saturated rings. The van der Waals surface area contributed by atoms with E-state index in [9.17, 15) is 9.90 Å². The molecule has 0 aliphatic carbocycles. The van der Waals surface area contributed by atoms with Crippen LogP contribution in [0.1, 0.15) is 52.3 Å². The molecule has 3 nitrogen and oxygen atoms in total. The van der Waals surface area contributed by atoms with Crippen molar-refractivity contribution in [1.82, 2.24) is 4.90 Å². The van der Waals surface area contributed by atoms with Crippen LogP contribution in [0, 0.1) is 33.6 Å². The Bertz CT molecular complexity index is 792. The summed E-state index contributed by atoms with van der Waals surface area (Å²) in [6.45, 7) is 10.1. The summed E-state index contributed by atoms with van der Waals surface area (Å²) in [4.78, 5) is 14.0. The van der Waals surface area contributed by atoms with Crippen LogP contribution in [0.15, 0.2) is 36.4 Å². The van der Waals surface area contributed by atoms with Crippen LogP contribution in [0.2, 0.25) is 0 Å². The highest BCUT2D eigenvalue weighted by molar-refractivity contribution is 5.70. The van der Waals surface area contributed by atoms with E-state index >= 15 is 0 Å². The Morgan fingerprint density at radius 1 is 1.04 bits per heavy atom. The van der Waals surface area contributed by atoms with Gasteiger partial charge in [-0.2, -0.15) is 0 Å². The lowest BCUT2D eigenvalue weighted by atomic mass is 9.88. The summed E-state index contributed by atoms with van der Waals surface area (Å²) in [5, 5.41) is 9.53. The molecule has 1 saturated heterocycles. The number of nitrogens with zero attached hydrogens (tertiary/aromatic N) is 1. The molecule has 0 amide bonds. The summed E-state index contributed by atoms with van der Waals surface area (Å²) in [5.41, 5.74) is 7.58. The summed E-state index contributed by atoms with van der Waals surface area (Å²) in [5.74, 6) is -0.947. The molecule has 26 heavy (non-hydrogen) atoms. The van der Waals surface area contributed by atoms with Crippen molar-refractivity contribution < 1.29 is 9.90 Å². The summed E-state index contributed by atoms with van der Waals surface area (Å²) in [6.07, 6.45) is 1.71. The maximum absolute atomic E-state index is 11.6. The van der Waals surface area contributed by atoms with Gasteiger partial charge in [-0.25, -0.2) is 0 Å². The zero-order chi connectivity index (χ0) is 18.8. The Morgan fingerprint density at radius 2 is 1.73 bits per heavy atom. The average molecular weight is 351 g/mol. The van der Waals surface area contributed by atoms with E-state index in [0.717, 1.165) is 19.4 Å². The Morgan fingerprint density at radius 3 is 2.35 bits per heavy atom. The van der Waals surface area contributed by atoms with Crippen LogP contribution in [0.5, 0.6) is 0 Å². The van der Waals surface area contributed by atoms with Gasteiger partial charge in [0.25, 0.3) is 0 Å². The summed E-state index contributed by atoms with van der Waals surface area (Å²) in [6, 6.07) is 13.4. The molecule has 1 aliphatic rings. The van der Waals surface area contributed by atoms with Crippen LogP contribution in [0.25, 0.3) is 0 Å². The third kappa shape index (κ3) is 3.99. The molecular weight excluding hydrogens is 322 g/mol. The van der Waals surface area contributed by atoms with Gasteiger partial charge in [-0.15, -0.1) is 0 Å². The van der Waals surface area contributed by atoms with Gasteiger partial charge in [0.1, 0.15) is 0 Å². The summed E-state index contributed by atoms with van der Waals surface area (Å²) in [7, 11) is 0. The van der Waals surface area contributed by atoms with E-state index in [4.69, 9.17) is 0 Å². The minimum Gasteiger partial charge on any atom is -0.481 e. The van der Waals surface area contributed by atoms with Crippen molar-refractivity contribution >= 4 is 5.97 Å². The first-order chi connectivity index (χ1) is 12.3. The molecule has 0 radical (unpaired) electrons. The van der Waals surface area contributed by atoms with Gasteiger partial charge in [0.2, 0.25) is 0 Å². The third-order valence-corrected chi connectivity index (χ3v) is 5.45. The number of hydrogen-bond donors (Lipinski definition) is 1. The van der Waals surface area contributed by atoms with Gasteiger partial charge in [0.05, 0.1) is 12.0 Å². The number of aryl methyl sites for hydroxylation is 4. The number of benzene rings is 2. The van der Waals surface area contributed by atoms with Gasteiger partial charge in [0.15, 0.2) is 0 Å². The molecular formula is C23H29NO2. The molecule has 2 atom stereocenters. The van der Waals surface area contributed by atoms with Crippen molar-refractivity contribution in [3.8, 4) is 0 Å². The normalized spacial score (nSPS) is 19.3. The summed E-state index contributed by atoms with van der Waals surface area (Å²) >= 11 is 0. The van der Waals surface area contributed by atoms with Crippen LogP contribution in [0.3, 0.4) is 0 Å². The zero-order valence-electron chi connectivity index (χ0n) is 16.2. The van der Waals surface area contributed by atoms with Crippen molar-refractivity contribution in [1.29, 1.82) is 0 Å². The standard InChI is InChI=1S/C23H29NO2/c1-15-7-8-21(18(4)11-15)22(20-12-16(2)10-17(3)13-20)24-9-5-6-19(14-24)23(25)26/h7-8,10-13,19,22H,5-6,9,14H2,1-4H3,(H,25,26). The SMILES string of the molecule is Cc1cc(C)cc(C(c2ccc(C)cc2C)N2CCCC(C(=O)O)C2)c1. The smallest absolute Gasteiger partial charge is 0.307 e. The van der Waals surface area contributed by atoms with Gasteiger partial charge in [-0.05, 0) is 63.8 Å². The first-order valence-electron chi connectivity index (χ1n) is 9.47. The number of likely N-dealkylation sites (tertiary alicyclic amines) is 1. The molecule has 0 aromatic heterocycles. The second-order valence-electron chi connectivity index (χ2n) is 7.86. The molecule has 1 N–H and O–H groups in total. The number of rotatable bonds is 4. The van der Waals surface area contributed by atoms with E-state index in [1.807, 2.05) is 0 Å². The van der Waals surface area contributed by atoms with Crippen LogP contribution in [-0.2, 0) is 4.79 Å². The number of hydrogen-bond acceptors (Lipinski definition) is 2. The van der Waals surface area contributed by atoms with E-state index in [1.54, 1.807) is 0 Å². The number of carboxylic acid groups (broad SMARTS) is 1. The highest BCUT2D eigenvalue weighted by Gasteiger charge is 2.32. The van der Waals surface area contributed by atoms with Crippen LogP contribution in [-0.4, -0.2) is 29.1 Å². The average Bonchev–Trinajstić information content (AvgIpc) is 2.56. The molecule has 3 rings (SSSR count). The van der Waals surface area contributed by atoms with Crippen molar-refractivity contribution in [3.63, 3.8) is 0 Å². The largest absolute Gasteiger partial charge is 0.481 e. The van der Waals surface area contributed by atoms with Crippen LogP contribution < -0.4 is 0 Å². The van der Waals surface area contributed by atoms with Crippen molar-refractivity contribution in [2.75, 3.05) is 13.1 Å². The molecule has 2 unspecified atom stereocenters. The topological polar surface area (TPSA) is 40.5 Å². The lowest BCUT2D eigenvalue weighted by Gasteiger charge is -2.38. The van der Waals surface area contributed by atoms with E-state index in [1.165, 1.54) is 33.4 Å². The number of piperidine rings is 1. The molecule has 2 aromatic rings. The molecule has 0 bridgehead atoms. The second kappa shape index (κ2) is 7.63. The van der Waals surface area contributed by atoms with Gasteiger partial charge >= 0.3 is 5.97 Å². The monoisotopic (exact) mass is 351 g/mol. The minimum atomic E-state index is -0.672. The fourth-order valence-electron chi connectivity index (χ4n) is 4.33. The maximum atomic E-state index is 11.6. The van der Waals surface area contributed by atoms with E-state index in [0.29, 0.717) is 6.54 Å². The highest BCUT2D eigenvalue weighted by atomic mass is 16.4. The lowest BCUT2D eigenvalue weighted by Crippen LogP contribution is -2.41. The Labute approximate surface area is 156 Å². The Balaban J connectivity index is 2.08. The van der Waals surface area contributed by atoms with Crippen molar-refractivity contribution in [2.45, 2.75) is 46.6 Å². The fraction of sp³-hybridized carbons (Fsp3) is 0.435. The number of carbonyl (C=O) groups is 1. The lowest BCUT2D eigenvalue weighted by molar-refractivity contribution is -0.143. The van der Waals surface area contributed by atoms with E-state index in [2.05, 4.69) is 69.0 Å². The molecule has 1 aliphatic heterocycles. The first-order valence-corrected chi connectivity index (χ1v) is 9.47. The Hall–Kier alpha value is -2.13. The highest BCUT2D eigenvalue weighted by Crippen LogP contribution is 2.35. The quantitative estimate of drug-likeness (QED) is 0.859. The summed E-state index contributed by atoms with van der Waals surface area (Å²) < 4.78 is 0. The van der Waals surface area contributed by atoms with Crippen LogP contribution >= 0.6 is 0 Å². The van der Waals surface area contributed by atoms with E-state index < -0.39 is 5.97 Å². The van der Waals surface area contributed by atoms with Gasteiger partial charge in [-0.3, -0.25) is 9.69 Å². The molecule has 2 aromatic carbocycles. The third-order valence-electron chi connectivity index (χ3n) is 5.45.